The number of hydrogen-bond acceptors (Lipinski definition) is 8. The summed E-state index contributed by atoms with van der Waals surface area (Å²) in [6, 6.07) is 14.9. The minimum Gasteiger partial charge on any atom is -0.870 e. The van der Waals surface area contributed by atoms with Gasteiger partial charge in [0, 0.05) is 24.1 Å². The van der Waals surface area contributed by atoms with E-state index in [2.05, 4.69) is 12.2 Å². The summed E-state index contributed by atoms with van der Waals surface area (Å²) >= 11 is 0. The number of hydrogen-bond donors (Lipinski definition) is 2. The molecule has 0 aliphatic rings. The molecule has 1 amide bonds. The summed E-state index contributed by atoms with van der Waals surface area (Å²) in [7, 11) is -3.93. The van der Waals surface area contributed by atoms with E-state index in [4.69, 9.17) is 18.2 Å². The minimum atomic E-state index is -3.93. The number of benzene rings is 1. The van der Waals surface area contributed by atoms with Gasteiger partial charge in [0.25, 0.3) is 0 Å². The van der Waals surface area contributed by atoms with E-state index in [1.807, 2.05) is 47.2 Å². The van der Waals surface area contributed by atoms with E-state index in [9.17, 15) is 14.5 Å². The highest BCUT2D eigenvalue weighted by Gasteiger charge is 2.32. The van der Waals surface area contributed by atoms with Crippen LogP contribution in [-0.2, 0) is 31.5 Å². The molecule has 10 nitrogen and oxygen atoms in total. The highest BCUT2D eigenvalue weighted by Crippen LogP contribution is 2.47. The molecule has 1 atom stereocenters. The molecule has 1 aromatic carbocycles. The van der Waals surface area contributed by atoms with Gasteiger partial charge in [0.2, 0.25) is 11.0 Å². The molecule has 3 N–H and O–H groups in total. The lowest BCUT2D eigenvalue weighted by molar-refractivity contribution is -0.672. The maximum absolute atomic E-state index is 13.4. The molecule has 0 radical (unpaired) electrons. The van der Waals surface area contributed by atoms with Gasteiger partial charge in [-0.3, -0.25) is 13.6 Å². The van der Waals surface area contributed by atoms with Gasteiger partial charge in [-0.05, 0) is 30.7 Å². The largest absolute Gasteiger partial charge is 0.870 e. The number of nitrogens with zero attached hydrogens (tertiary/aromatic N) is 1. The molecule has 0 spiro atoms. The number of pyridine rings is 1. The van der Waals surface area contributed by atoms with E-state index in [0.717, 1.165) is 23.7 Å². The molecule has 2 aromatic heterocycles. The van der Waals surface area contributed by atoms with Crippen LogP contribution in [0.2, 0.25) is 0 Å². The van der Waals surface area contributed by atoms with Crippen molar-refractivity contribution in [3.05, 3.63) is 60.5 Å². The number of aliphatic hydroxyl groups excluding tert-OH is 1. The maximum atomic E-state index is 13.4. The topological polar surface area (TPSA) is 141 Å². The second-order valence-corrected chi connectivity index (χ2v) is 13.8. The van der Waals surface area contributed by atoms with E-state index >= 15 is 0 Å². The quantitative estimate of drug-likeness (QED) is 0.0373. The van der Waals surface area contributed by atoms with Crippen LogP contribution in [0.5, 0.6) is 0 Å². The van der Waals surface area contributed by atoms with Crippen LogP contribution in [0.1, 0.15) is 115 Å². The smallest absolute Gasteiger partial charge is 0.407 e. The molecule has 0 aliphatic carbocycles. The van der Waals surface area contributed by atoms with Crippen LogP contribution in [0.15, 0.2) is 59.1 Å². The molecule has 2 heterocycles. The van der Waals surface area contributed by atoms with Crippen LogP contribution >= 0.6 is 7.60 Å². The summed E-state index contributed by atoms with van der Waals surface area (Å²) in [6.07, 6.45) is 22.3. The minimum absolute atomic E-state index is 0. The van der Waals surface area contributed by atoms with Gasteiger partial charge in [-0.2, -0.15) is 4.57 Å². The van der Waals surface area contributed by atoms with Crippen molar-refractivity contribution in [2.24, 2.45) is 0 Å². The van der Waals surface area contributed by atoms with Crippen molar-refractivity contribution in [2.45, 2.75) is 123 Å². The lowest BCUT2D eigenvalue weighted by atomic mass is 10.0. The van der Waals surface area contributed by atoms with Crippen molar-refractivity contribution >= 4 is 30.1 Å². The predicted molar refractivity (Wildman–Crippen MR) is 184 cm³/mol. The normalized spacial score (nSPS) is 12.5. The molecule has 3 rings (SSSR count). The average Bonchev–Trinajstić information content (AvgIpc) is 3.56. The van der Waals surface area contributed by atoms with Crippen LogP contribution in [0, 0.1) is 0 Å². The Hall–Kier alpha value is -2.75. The average molecular weight is 677 g/mol. The fraction of sp³-hybridized carbons (Fsp3) is 0.611. The number of carbonyl (C=O) groups is 1. The Balaban J connectivity index is 0.00000768. The van der Waals surface area contributed by atoms with Crippen molar-refractivity contribution < 1.29 is 42.7 Å². The number of aromatic nitrogens is 1. The van der Waals surface area contributed by atoms with E-state index in [0.29, 0.717) is 18.8 Å². The molecule has 3 aromatic rings. The fourth-order valence-electron chi connectivity index (χ4n) is 5.56. The number of amides is 1. The second kappa shape index (κ2) is 24.4. The molecule has 0 aliphatic heterocycles. The Morgan fingerprint density at radius 2 is 1.40 bits per heavy atom. The van der Waals surface area contributed by atoms with Crippen LogP contribution in [0.3, 0.4) is 0 Å². The van der Waals surface area contributed by atoms with Crippen LogP contribution in [-0.4, -0.2) is 36.6 Å². The van der Waals surface area contributed by atoms with Gasteiger partial charge in [-0.15, -0.1) is 0 Å². The number of aliphatic hydroxyl groups is 1. The van der Waals surface area contributed by atoms with Crippen molar-refractivity contribution in [3.63, 3.8) is 0 Å². The first kappa shape index (κ1) is 40.4. The number of para-hydroxylation sites is 1. The number of furan rings is 1. The summed E-state index contributed by atoms with van der Waals surface area (Å²) in [6.45, 7) is 2.37. The molecular weight excluding hydrogens is 619 g/mol. The van der Waals surface area contributed by atoms with Crippen LogP contribution < -0.4 is 15.4 Å². The highest BCUT2D eigenvalue weighted by atomic mass is 31.2. The molecular formula is C36H57N2O8P. The number of alkyl carbamates (subject to hydrolysis) is 1. The Labute approximate surface area is 281 Å². The molecule has 264 valence electrons. The van der Waals surface area contributed by atoms with E-state index in [1.165, 1.54) is 96.0 Å². The Morgan fingerprint density at radius 1 is 0.809 bits per heavy atom. The fourth-order valence-corrected chi connectivity index (χ4v) is 6.85. The first-order valence-corrected chi connectivity index (χ1v) is 19.0. The zero-order valence-electron chi connectivity index (χ0n) is 28.3. The Bertz CT molecular complexity index is 1300. The van der Waals surface area contributed by atoms with Crippen molar-refractivity contribution in [3.8, 4) is 0 Å². The predicted octanol–water partition coefficient (Wildman–Crippen LogP) is 8.53. The number of carbonyl (C=O) groups excluding carboxylic acids is 1. The Kier molecular flexibility index (Phi) is 21.0. The molecule has 47 heavy (non-hydrogen) atoms. The van der Waals surface area contributed by atoms with E-state index < -0.39 is 20.5 Å². The summed E-state index contributed by atoms with van der Waals surface area (Å²) in [5.41, 5.74) is 0.952. The molecule has 1 unspecified atom stereocenters. The third-order valence-corrected chi connectivity index (χ3v) is 9.93. The molecule has 0 bridgehead atoms. The molecule has 0 saturated carbocycles. The maximum Gasteiger partial charge on any atom is 0.407 e. The first-order chi connectivity index (χ1) is 22.6. The van der Waals surface area contributed by atoms with Gasteiger partial charge < -0.3 is 25.1 Å². The van der Waals surface area contributed by atoms with E-state index in [-0.39, 0.29) is 24.2 Å². The van der Waals surface area contributed by atoms with Gasteiger partial charge in [0.05, 0.1) is 0 Å². The zero-order valence-corrected chi connectivity index (χ0v) is 29.2. The van der Waals surface area contributed by atoms with Gasteiger partial charge in [-0.25, -0.2) is 4.79 Å². The van der Waals surface area contributed by atoms with Crippen LogP contribution in [0.25, 0.3) is 10.9 Å². The summed E-state index contributed by atoms with van der Waals surface area (Å²) in [4.78, 5) is 12.1. The third-order valence-electron chi connectivity index (χ3n) is 8.17. The number of fused-ring (bicyclic) bond motifs is 1. The van der Waals surface area contributed by atoms with Gasteiger partial charge in [0.1, 0.15) is 12.4 Å². The zero-order chi connectivity index (χ0) is 32.7. The van der Waals surface area contributed by atoms with Gasteiger partial charge in [0.15, 0.2) is 26.1 Å². The van der Waals surface area contributed by atoms with Crippen molar-refractivity contribution in [1.29, 1.82) is 0 Å². The molecule has 0 saturated heterocycles. The van der Waals surface area contributed by atoms with Crippen molar-refractivity contribution in [2.75, 3.05) is 19.9 Å². The standard InChI is InChI=1S/C36H55N2O7P.H2O/c1-2-3-4-5-6-7-8-9-10-11-12-13-14-15-16-19-26-37-36(40)42-30-33-24-25-35(45-33)46(41,44-31-39)43-29-28-38-27-20-22-32-21-17-18-23-34(32)38;/h17-18,20-25,27,39H,2-16,19,26,28-31H2,1H3;1H2. The Morgan fingerprint density at radius 3 is 2.04 bits per heavy atom. The SMILES string of the molecule is CCCCCCCCCCCCCCCCCCNC(=O)OCc1ccc(P(=O)(OCO)OCC[n+]2cccc3ccccc32)o1.[OH-]. The number of nitrogens with one attached hydrogen (secondary N) is 1. The van der Waals surface area contributed by atoms with Gasteiger partial charge in [-0.1, -0.05) is 115 Å². The number of rotatable bonds is 26. The number of unbranched alkanes of at least 4 members (excludes halogenated alkanes) is 15. The molecule has 11 heteroatoms. The van der Waals surface area contributed by atoms with Crippen molar-refractivity contribution in [1.82, 2.24) is 5.32 Å². The summed E-state index contributed by atoms with van der Waals surface area (Å²) in [5.74, 6) is 0.293. The molecule has 0 fully saturated rings. The van der Waals surface area contributed by atoms with E-state index in [1.54, 1.807) is 6.07 Å². The lowest BCUT2D eigenvalue weighted by Gasteiger charge is -2.14. The van der Waals surface area contributed by atoms with Gasteiger partial charge >= 0.3 is 13.7 Å². The first-order valence-electron chi connectivity index (χ1n) is 17.4. The van der Waals surface area contributed by atoms with Crippen LogP contribution in [0.4, 0.5) is 4.79 Å². The second-order valence-electron chi connectivity index (χ2n) is 11.9. The summed E-state index contributed by atoms with van der Waals surface area (Å²) in [5, 5.41) is 13.2. The number of ether oxygens (including phenoxy) is 1. The highest BCUT2D eigenvalue weighted by molar-refractivity contribution is 7.61. The lowest BCUT2D eigenvalue weighted by Crippen LogP contribution is -2.36. The monoisotopic (exact) mass is 676 g/mol. The third kappa shape index (κ3) is 15.8. The summed E-state index contributed by atoms with van der Waals surface area (Å²) < 4.78 is 37.0.